The van der Waals surface area contributed by atoms with Crippen LogP contribution in [0.15, 0.2) is 146 Å². The van der Waals surface area contributed by atoms with E-state index in [2.05, 4.69) is 0 Å². The van der Waals surface area contributed by atoms with Crippen LogP contribution in [0.3, 0.4) is 0 Å². The van der Waals surface area contributed by atoms with Gasteiger partial charge in [0.2, 0.25) is 6.29 Å². The van der Waals surface area contributed by atoms with E-state index >= 15 is 0 Å². The van der Waals surface area contributed by atoms with Crippen molar-refractivity contribution in [3.63, 3.8) is 0 Å². The summed E-state index contributed by atoms with van der Waals surface area (Å²) in [4.78, 5) is 10.9. The molecule has 1 fully saturated rings. The fourth-order valence-corrected chi connectivity index (χ4v) is 5.62. The molecule has 0 saturated carbocycles. The molecule has 252 valence electrons. The Morgan fingerprint density at radius 2 is 0.959 bits per heavy atom. The maximum Gasteiger partial charge on any atom is 0.269 e. The molecule has 1 saturated heterocycles. The maximum absolute atomic E-state index is 11.3. The van der Waals surface area contributed by atoms with Gasteiger partial charge in [0.1, 0.15) is 30.2 Å². The van der Waals surface area contributed by atoms with E-state index in [0.29, 0.717) is 25.6 Å². The SMILES string of the molecule is O=[N+]([O-])c1ccc(O[C@H]2O[C@H](COCc3ccccc3)[C@@H](OCc3ccccc3)[C@H](OCc3ccccc3)[C@H]2OCc2ccccc2)cc1. The molecule has 0 bridgehead atoms. The Hall–Kier alpha value is -4.90. The standard InChI is InChI=1S/C40H39NO8/c42-41(43)34-21-23-35(24-22-34)48-40-39(47-28-33-19-11-4-12-20-33)38(46-27-32-17-9-3-10-18-32)37(45-26-31-15-7-2-8-16-31)36(49-40)29-44-25-30-13-5-1-6-14-30/h1-24,36-40H,25-29H2/t36-,37-,38+,39-,40+/m1/s1. The first-order valence-corrected chi connectivity index (χ1v) is 16.3. The lowest BCUT2D eigenvalue weighted by atomic mass is 9.97. The summed E-state index contributed by atoms with van der Waals surface area (Å²) < 4.78 is 39.3. The Morgan fingerprint density at radius 3 is 1.43 bits per heavy atom. The highest BCUT2D eigenvalue weighted by Gasteiger charge is 2.49. The van der Waals surface area contributed by atoms with E-state index in [0.717, 1.165) is 22.3 Å². The van der Waals surface area contributed by atoms with Crippen molar-refractivity contribution in [2.75, 3.05) is 6.61 Å². The van der Waals surface area contributed by atoms with E-state index in [-0.39, 0.29) is 18.9 Å². The van der Waals surface area contributed by atoms with Gasteiger partial charge in [-0.1, -0.05) is 121 Å². The van der Waals surface area contributed by atoms with Crippen molar-refractivity contribution in [1.82, 2.24) is 0 Å². The highest BCUT2D eigenvalue weighted by atomic mass is 16.7. The van der Waals surface area contributed by atoms with Gasteiger partial charge in [-0.3, -0.25) is 10.1 Å². The van der Waals surface area contributed by atoms with Gasteiger partial charge in [-0.25, -0.2) is 0 Å². The van der Waals surface area contributed by atoms with Crippen molar-refractivity contribution < 1.29 is 33.3 Å². The number of hydrogen-bond donors (Lipinski definition) is 0. The summed E-state index contributed by atoms with van der Waals surface area (Å²) in [6.07, 6.45) is -3.61. The van der Waals surface area contributed by atoms with Crippen LogP contribution in [-0.2, 0) is 50.1 Å². The summed E-state index contributed by atoms with van der Waals surface area (Å²) in [5.74, 6) is 0.387. The third-order valence-corrected chi connectivity index (χ3v) is 8.14. The number of hydrogen-bond acceptors (Lipinski definition) is 8. The molecule has 49 heavy (non-hydrogen) atoms. The third kappa shape index (κ3) is 9.82. The summed E-state index contributed by atoms with van der Waals surface area (Å²) in [6.45, 7) is 1.44. The van der Waals surface area contributed by atoms with Gasteiger partial charge in [-0.05, 0) is 34.4 Å². The normalized spacial score (nSPS) is 20.4. The molecule has 5 aromatic carbocycles. The van der Waals surface area contributed by atoms with Gasteiger partial charge in [0.15, 0.2) is 0 Å². The van der Waals surface area contributed by atoms with Crippen LogP contribution in [0.5, 0.6) is 5.75 Å². The molecule has 6 rings (SSSR count). The first-order valence-electron chi connectivity index (χ1n) is 16.3. The minimum Gasteiger partial charge on any atom is -0.462 e. The van der Waals surface area contributed by atoms with E-state index in [9.17, 15) is 10.1 Å². The van der Waals surface area contributed by atoms with Crippen LogP contribution < -0.4 is 4.74 Å². The zero-order valence-corrected chi connectivity index (χ0v) is 27.0. The van der Waals surface area contributed by atoms with Crippen molar-refractivity contribution in [3.05, 3.63) is 178 Å². The second-order valence-corrected chi connectivity index (χ2v) is 11.7. The summed E-state index contributed by atoms with van der Waals surface area (Å²) >= 11 is 0. The number of non-ortho nitro benzene ring substituents is 1. The van der Waals surface area contributed by atoms with E-state index in [1.807, 2.05) is 121 Å². The van der Waals surface area contributed by atoms with Crippen molar-refractivity contribution in [3.8, 4) is 5.75 Å². The maximum atomic E-state index is 11.3. The van der Waals surface area contributed by atoms with Gasteiger partial charge in [-0.2, -0.15) is 0 Å². The molecular formula is C40H39NO8. The Balaban J connectivity index is 1.32. The average molecular weight is 662 g/mol. The molecule has 0 aromatic heterocycles. The molecule has 9 heteroatoms. The lowest BCUT2D eigenvalue weighted by Crippen LogP contribution is -2.62. The molecular weight excluding hydrogens is 622 g/mol. The minimum atomic E-state index is -0.965. The molecule has 5 aromatic rings. The Bertz CT molecular complexity index is 1690. The van der Waals surface area contributed by atoms with Gasteiger partial charge in [0.05, 0.1) is 38.0 Å². The van der Waals surface area contributed by atoms with Crippen molar-refractivity contribution >= 4 is 5.69 Å². The lowest BCUT2D eigenvalue weighted by Gasteiger charge is -2.45. The molecule has 0 spiro atoms. The van der Waals surface area contributed by atoms with Gasteiger partial charge < -0.3 is 28.4 Å². The van der Waals surface area contributed by atoms with E-state index in [4.69, 9.17) is 28.4 Å². The average Bonchev–Trinajstić information content (AvgIpc) is 3.15. The van der Waals surface area contributed by atoms with Crippen LogP contribution >= 0.6 is 0 Å². The van der Waals surface area contributed by atoms with Crippen LogP contribution in [0.2, 0.25) is 0 Å². The summed E-state index contributed by atoms with van der Waals surface area (Å²) in [6, 6.07) is 45.5. The number of rotatable bonds is 16. The van der Waals surface area contributed by atoms with Gasteiger partial charge in [0.25, 0.3) is 5.69 Å². The monoisotopic (exact) mass is 661 g/mol. The Labute approximate surface area is 286 Å². The summed E-state index contributed by atoms with van der Waals surface area (Å²) in [5, 5.41) is 11.3. The molecule has 1 aliphatic heterocycles. The minimum absolute atomic E-state index is 0.0422. The quantitative estimate of drug-likeness (QED) is 0.0785. The largest absolute Gasteiger partial charge is 0.462 e. The number of nitro groups is 1. The fourth-order valence-electron chi connectivity index (χ4n) is 5.62. The Kier molecular flexibility index (Phi) is 12.1. The van der Waals surface area contributed by atoms with Crippen LogP contribution in [0.25, 0.3) is 0 Å². The first-order chi connectivity index (χ1) is 24.1. The second-order valence-electron chi connectivity index (χ2n) is 11.7. The first kappa shape index (κ1) is 34.0. The number of benzene rings is 5. The van der Waals surface area contributed by atoms with E-state index in [1.165, 1.54) is 12.1 Å². The van der Waals surface area contributed by atoms with E-state index < -0.39 is 35.6 Å². The zero-order valence-electron chi connectivity index (χ0n) is 27.0. The predicted octanol–water partition coefficient (Wildman–Crippen LogP) is 7.67. The smallest absolute Gasteiger partial charge is 0.269 e. The third-order valence-electron chi connectivity index (χ3n) is 8.14. The Morgan fingerprint density at radius 1 is 0.531 bits per heavy atom. The highest BCUT2D eigenvalue weighted by molar-refractivity contribution is 5.36. The molecule has 9 nitrogen and oxygen atoms in total. The van der Waals surface area contributed by atoms with Crippen molar-refractivity contribution in [1.29, 1.82) is 0 Å². The molecule has 0 aliphatic carbocycles. The van der Waals surface area contributed by atoms with Gasteiger partial charge in [0, 0.05) is 12.1 Å². The molecule has 0 unspecified atom stereocenters. The lowest BCUT2D eigenvalue weighted by molar-refractivity contribution is -0.384. The van der Waals surface area contributed by atoms with Gasteiger partial charge in [-0.15, -0.1) is 0 Å². The molecule has 0 radical (unpaired) electrons. The van der Waals surface area contributed by atoms with Crippen molar-refractivity contribution in [2.45, 2.75) is 57.1 Å². The number of nitro benzene ring substituents is 1. The van der Waals surface area contributed by atoms with Crippen molar-refractivity contribution in [2.24, 2.45) is 0 Å². The fraction of sp³-hybridized carbons (Fsp3) is 0.250. The topological polar surface area (TPSA) is 98.5 Å². The number of nitrogens with zero attached hydrogens (tertiary/aromatic N) is 1. The molecule has 1 heterocycles. The summed E-state index contributed by atoms with van der Waals surface area (Å²) in [7, 11) is 0. The van der Waals surface area contributed by atoms with Gasteiger partial charge >= 0.3 is 0 Å². The second kappa shape index (κ2) is 17.5. The van der Waals surface area contributed by atoms with Crippen LogP contribution in [0.4, 0.5) is 5.69 Å². The number of ether oxygens (including phenoxy) is 6. The molecule has 0 amide bonds. The highest BCUT2D eigenvalue weighted by Crippen LogP contribution is 2.33. The molecule has 5 atom stereocenters. The van der Waals surface area contributed by atoms with Crippen LogP contribution in [0.1, 0.15) is 22.3 Å². The van der Waals surface area contributed by atoms with Crippen LogP contribution in [-0.4, -0.2) is 42.2 Å². The predicted molar refractivity (Wildman–Crippen MR) is 184 cm³/mol. The summed E-state index contributed by atoms with van der Waals surface area (Å²) in [5.41, 5.74) is 3.94. The molecule has 0 N–H and O–H groups in total. The van der Waals surface area contributed by atoms with Crippen LogP contribution in [0, 0.1) is 10.1 Å². The zero-order chi connectivity index (χ0) is 33.7. The molecule has 1 aliphatic rings. The van der Waals surface area contributed by atoms with E-state index in [1.54, 1.807) is 12.1 Å².